The van der Waals surface area contributed by atoms with E-state index in [4.69, 9.17) is 4.43 Å². The van der Waals surface area contributed by atoms with E-state index in [1.165, 1.54) is 19.5 Å². The number of piperidine rings is 1. The molecule has 16 heavy (non-hydrogen) atoms. The van der Waals surface area contributed by atoms with Crippen molar-refractivity contribution in [2.45, 2.75) is 45.3 Å². The monoisotopic (exact) mass is 241 g/mol. The third-order valence-electron chi connectivity index (χ3n) is 4.99. The van der Waals surface area contributed by atoms with Gasteiger partial charge in [0.15, 0.2) is 8.32 Å². The maximum atomic E-state index is 6.23. The quantitative estimate of drug-likeness (QED) is 0.764. The lowest BCUT2D eigenvalue weighted by Gasteiger charge is -2.36. The van der Waals surface area contributed by atoms with E-state index in [1.807, 2.05) is 0 Å². The molecule has 0 radical (unpaired) electrons. The van der Waals surface area contributed by atoms with Crippen LogP contribution in [0.25, 0.3) is 0 Å². The van der Waals surface area contributed by atoms with Crippen molar-refractivity contribution in [1.29, 1.82) is 0 Å². The van der Waals surface area contributed by atoms with Crippen LogP contribution in [0.4, 0.5) is 0 Å². The van der Waals surface area contributed by atoms with Crippen LogP contribution in [0.1, 0.15) is 27.2 Å². The van der Waals surface area contributed by atoms with Crippen LogP contribution >= 0.6 is 0 Å². The van der Waals surface area contributed by atoms with Crippen LogP contribution in [0, 0.1) is 17.8 Å². The zero-order valence-corrected chi connectivity index (χ0v) is 12.5. The fourth-order valence-corrected chi connectivity index (χ4v) is 3.70. The number of nitrogens with one attached hydrogen (secondary N) is 1. The van der Waals surface area contributed by atoms with E-state index >= 15 is 0 Å². The molecule has 0 aromatic heterocycles. The van der Waals surface area contributed by atoms with E-state index in [-0.39, 0.29) is 0 Å². The first-order valence-corrected chi connectivity index (χ1v) is 9.58. The van der Waals surface area contributed by atoms with Gasteiger partial charge in [0.2, 0.25) is 0 Å². The van der Waals surface area contributed by atoms with Gasteiger partial charge in [-0.3, -0.25) is 0 Å². The van der Waals surface area contributed by atoms with Crippen LogP contribution in [-0.4, -0.2) is 28.0 Å². The van der Waals surface area contributed by atoms with E-state index in [9.17, 15) is 0 Å². The molecule has 2 rings (SSSR count). The molecule has 0 aromatic rings. The number of hydrogen-bond donors (Lipinski definition) is 1. The Bertz CT molecular complexity index is 249. The summed E-state index contributed by atoms with van der Waals surface area (Å²) in [6.45, 7) is 15.2. The third-order valence-corrected chi connectivity index (χ3v) is 9.53. The second kappa shape index (κ2) is 4.11. The van der Waals surface area contributed by atoms with E-state index in [1.54, 1.807) is 0 Å². The highest BCUT2D eigenvalue weighted by Gasteiger charge is 2.52. The summed E-state index contributed by atoms with van der Waals surface area (Å²) in [6, 6.07) is 0. The number of rotatable bonds is 4. The first kappa shape index (κ1) is 12.6. The van der Waals surface area contributed by atoms with Crippen LogP contribution < -0.4 is 5.32 Å². The Kier molecular flexibility index (Phi) is 3.23. The lowest BCUT2D eigenvalue weighted by atomic mass is 10.2. The van der Waals surface area contributed by atoms with Crippen molar-refractivity contribution < 1.29 is 4.43 Å². The van der Waals surface area contributed by atoms with Crippen LogP contribution in [0.5, 0.6) is 0 Å². The zero-order chi connectivity index (χ0) is 12.0. The highest BCUT2D eigenvalue weighted by atomic mass is 28.4. The SMILES string of the molecule is CC(C)(C)[Si](C)(C)OCCC1C2CNC[C@@H]12. The molecule has 2 nitrogen and oxygen atoms in total. The average Bonchev–Trinajstić information content (AvgIpc) is 2.57. The van der Waals surface area contributed by atoms with Crippen LogP contribution in [0.15, 0.2) is 0 Å². The summed E-state index contributed by atoms with van der Waals surface area (Å²) in [5.74, 6) is 2.96. The molecule has 1 heterocycles. The van der Waals surface area contributed by atoms with E-state index in [0.717, 1.165) is 24.4 Å². The first-order chi connectivity index (χ1) is 7.33. The summed E-state index contributed by atoms with van der Waals surface area (Å²) in [5.41, 5.74) is 0. The van der Waals surface area contributed by atoms with Crippen molar-refractivity contribution in [1.82, 2.24) is 5.32 Å². The van der Waals surface area contributed by atoms with Crippen molar-refractivity contribution in [2.75, 3.05) is 19.7 Å². The van der Waals surface area contributed by atoms with Crippen molar-refractivity contribution in [2.24, 2.45) is 17.8 Å². The van der Waals surface area contributed by atoms with Gasteiger partial charge in [-0.25, -0.2) is 0 Å². The van der Waals surface area contributed by atoms with Gasteiger partial charge >= 0.3 is 0 Å². The Morgan fingerprint density at radius 1 is 1.19 bits per heavy atom. The standard InChI is InChI=1S/C13H27NOSi/c1-13(2,3)16(4,5)15-7-6-10-11-8-14-9-12(10)11/h10-12,14H,6-9H2,1-5H3/t10?,11-,12?/m0/s1. The molecule has 1 aliphatic heterocycles. The van der Waals surface area contributed by atoms with Gasteiger partial charge in [-0.2, -0.15) is 0 Å². The fraction of sp³-hybridized carbons (Fsp3) is 1.00. The zero-order valence-electron chi connectivity index (χ0n) is 11.5. The molecule has 3 heteroatoms. The molecule has 94 valence electrons. The van der Waals surface area contributed by atoms with Gasteiger partial charge in [0.25, 0.3) is 0 Å². The second-order valence-corrected chi connectivity index (χ2v) is 11.9. The van der Waals surface area contributed by atoms with Gasteiger partial charge in [0, 0.05) is 6.61 Å². The Hall–Kier alpha value is 0.137. The highest BCUT2D eigenvalue weighted by Crippen LogP contribution is 2.50. The molecular weight excluding hydrogens is 214 g/mol. The molecular formula is C13H27NOSi. The largest absolute Gasteiger partial charge is 0.417 e. The van der Waals surface area contributed by atoms with Crippen molar-refractivity contribution in [3.63, 3.8) is 0 Å². The molecule has 3 atom stereocenters. The predicted molar refractivity (Wildman–Crippen MR) is 71.1 cm³/mol. The Balaban J connectivity index is 1.69. The Labute approximate surface area is 101 Å². The second-order valence-electron chi connectivity index (χ2n) is 7.05. The average molecular weight is 241 g/mol. The van der Waals surface area contributed by atoms with E-state index in [2.05, 4.69) is 39.2 Å². The van der Waals surface area contributed by atoms with Gasteiger partial charge < -0.3 is 9.74 Å². The molecule has 2 fully saturated rings. The minimum atomic E-state index is -1.50. The Morgan fingerprint density at radius 2 is 1.75 bits per heavy atom. The normalized spacial score (nSPS) is 33.9. The van der Waals surface area contributed by atoms with Crippen LogP contribution in [0.3, 0.4) is 0 Å². The lowest BCUT2D eigenvalue weighted by molar-refractivity contribution is 0.268. The molecule has 1 N–H and O–H groups in total. The van der Waals surface area contributed by atoms with Crippen molar-refractivity contribution in [3.05, 3.63) is 0 Å². The molecule has 2 unspecified atom stereocenters. The summed E-state index contributed by atoms with van der Waals surface area (Å²) in [7, 11) is -1.50. The smallest absolute Gasteiger partial charge is 0.191 e. The molecule has 0 amide bonds. The minimum Gasteiger partial charge on any atom is -0.417 e. The van der Waals surface area contributed by atoms with Gasteiger partial charge in [-0.1, -0.05) is 20.8 Å². The van der Waals surface area contributed by atoms with Gasteiger partial charge in [-0.05, 0) is 55.4 Å². The molecule has 1 saturated heterocycles. The number of fused-ring (bicyclic) bond motifs is 1. The lowest BCUT2D eigenvalue weighted by Crippen LogP contribution is -2.41. The number of hydrogen-bond acceptors (Lipinski definition) is 2. The molecule has 0 aromatic carbocycles. The topological polar surface area (TPSA) is 21.3 Å². The Morgan fingerprint density at radius 3 is 2.25 bits per heavy atom. The molecule has 1 aliphatic carbocycles. The predicted octanol–water partition coefficient (Wildman–Crippen LogP) is 2.86. The van der Waals surface area contributed by atoms with Gasteiger partial charge in [-0.15, -0.1) is 0 Å². The maximum Gasteiger partial charge on any atom is 0.191 e. The molecule has 0 bridgehead atoms. The molecule has 0 spiro atoms. The van der Waals surface area contributed by atoms with Crippen molar-refractivity contribution in [3.8, 4) is 0 Å². The molecule has 1 saturated carbocycles. The van der Waals surface area contributed by atoms with Gasteiger partial charge in [0.1, 0.15) is 0 Å². The summed E-state index contributed by atoms with van der Waals surface area (Å²) in [5, 5.41) is 3.81. The summed E-state index contributed by atoms with van der Waals surface area (Å²) in [6.07, 6.45) is 1.30. The van der Waals surface area contributed by atoms with Crippen LogP contribution in [-0.2, 0) is 4.43 Å². The third kappa shape index (κ3) is 2.36. The first-order valence-electron chi connectivity index (χ1n) is 6.67. The van der Waals surface area contributed by atoms with Crippen molar-refractivity contribution >= 4 is 8.32 Å². The summed E-state index contributed by atoms with van der Waals surface area (Å²) < 4.78 is 6.23. The fourth-order valence-electron chi connectivity index (χ4n) is 2.64. The minimum absolute atomic E-state index is 0.355. The molecule has 2 aliphatic rings. The van der Waals surface area contributed by atoms with Crippen LogP contribution in [0.2, 0.25) is 18.1 Å². The van der Waals surface area contributed by atoms with E-state index in [0.29, 0.717) is 5.04 Å². The maximum absolute atomic E-state index is 6.23. The highest BCUT2D eigenvalue weighted by molar-refractivity contribution is 6.74. The van der Waals surface area contributed by atoms with E-state index < -0.39 is 8.32 Å². The van der Waals surface area contributed by atoms with Gasteiger partial charge in [0.05, 0.1) is 0 Å². The summed E-state index contributed by atoms with van der Waals surface area (Å²) in [4.78, 5) is 0. The summed E-state index contributed by atoms with van der Waals surface area (Å²) >= 11 is 0.